The van der Waals surface area contributed by atoms with Gasteiger partial charge in [0.25, 0.3) is 0 Å². The van der Waals surface area contributed by atoms with Crippen molar-refractivity contribution >= 4 is 50.7 Å². The van der Waals surface area contributed by atoms with Crippen LogP contribution in [0.5, 0.6) is 5.75 Å². The van der Waals surface area contributed by atoms with Crippen LogP contribution < -0.4 is 14.4 Å². The molecule has 0 saturated carbocycles. The smallest absolute Gasteiger partial charge is 0.244 e. The Balaban J connectivity index is 2.53. The summed E-state index contributed by atoms with van der Waals surface area (Å²) < 4.78 is 32.1. The third-order valence-electron chi connectivity index (χ3n) is 6.01. The van der Waals surface area contributed by atoms with Gasteiger partial charge in [-0.15, -0.1) is 0 Å². The van der Waals surface area contributed by atoms with Crippen molar-refractivity contribution in [2.24, 2.45) is 0 Å². The van der Waals surface area contributed by atoms with Crippen LogP contribution in [0.25, 0.3) is 0 Å². The Hall–Kier alpha value is -2.49. The van der Waals surface area contributed by atoms with E-state index in [1.807, 2.05) is 20.8 Å². The van der Waals surface area contributed by atoms with E-state index in [-0.39, 0.29) is 24.2 Å². The zero-order chi connectivity index (χ0) is 27.9. The summed E-state index contributed by atoms with van der Waals surface area (Å²) in [4.78, 5) is 28.4. The predicted molar refractivity (Wildman–Crippen MR) is 149 cm³/mol. The summed E-state index contributed by atoms with van der Waals surface area (Å²) in [5, 5.41) is 3.60. The van der Waals surface area contributed by atoms with Crippen LogP contribution in [0.1, 0.15) is 44.7 Å². The number of ether oxygens (including phenoxy) is 1. The molecule has 37 heavy (non-hydrogen) atoms. The molecule has 0 aliphatic rings. The average Bonchev–Trinajstić information content (AvgIpc) is 2.83. The molecule has 2 atom stereocenters. The number of hydrogen-bond donors (Lipinski definition) is 1. The molecule has 0 spiro atoms. The topological polar surface area (TPSA) is 96.0 Å². The van der Waals surface area contributed by atoms with E-state index in [1.165, 1.54) is 12.0 Å². The fourth-order valence-electron chi connectivity index (χ4n) is 3.78. The van der Waals surface area contributed by atoms with E-state index in [0.717, 1.165) is 22.5 Å². The lowest BCUT2D eigenvalue weighted by Crippen LogP contribution is -2.53. The molecule has 204 valence electrons. The number of carbonyl (C=O) groups excluding carboxylic acids is 2. The van der Waals surface area contributed by atoms with Crippen LogP contribution in [0, 0.1) is 6.92 Å². The predicted octanol–water partition coefficient (Wildman–Crippen LogP) is 4.80. The first-order chi connectivity index (χ1) is 17.3. The molecular formula is C26H35Cl2N3O5S. The minimum atomic E-state index is -3.89. The molecule has 0 radical (unpaired) electrons. The third-order valence-corrected chi connectivity index (χ3v) is 7.87. The molecule has 0 fully saturated rings. The number of halogens is 2. The summed E-state index contributed by atoms with van der Waals surface area (Å²) >= 11 is 12.3. The number of benzene rings is 2. The van der Waals surface area contributed by atoms with Gasteiger partial charge in [-0.2, -0.15) is 0 Å². The highest BCUT2D eigenvalue weighted by Gasteiger charge is 2.33. The standard InChI is InChI=1S/C26H35Cl2N3O5S/c1-7-18(4)29-26(33)22(8-2)30(15-19-10-11-20(27)21(28)14-19)25(32)16-31(37(6,34)35)23-13-17(3)9-12-24(23)36-5/h9-14,18,22H,7-8,15-16H2,1-6H3,(H,29,33)/t18-,22+/m1/s1. The van der Waals surface area contributed by atoms with Gasteiger partial charge in [0.1, 0.15) is 18.3 Å². The summed E-state index contributed by atoms with van der Waals surface area (Å²) in [6.45, 7) is 6.95. The lowest BCUT2D eigenvalue weighted by Gasteiger charge is -2.33. The lowest BCUT2D eigenvalue weighted by molar-refractivity contribution is -0.140. The van der Waals surface area contributed by atoms with Crippen LogP contribution in [0.3, 0.4) is 0 Å². The van der Waals surface area contributed by atoms with Crippen LogP contribution in [-0.4, -0.2) is 57.1 Å². The first kappa shape index (κ1) is 30.7. The molecule has 0 saturated heterocycles. The molecule has 2 amide bonds. The molecule has 0 bridgehead atoms. The van der Waals surface area contributed by atoms with Gasteiger partial charge >= 0.3 is 0 Å². The number of anilines is 1. The van der Waals surface area contributed by atoms with Crippen LogP contribution in [0.15, 0.2) is 36.4 Å². The van der Waals surface area contributed by atoms with Gasteiger partial charge in [-0.1, -0.05) is 49.2 Å². The maximum Gasteiger partial charge on any atom is 0.244 e. The van der Waals surface area contributed by atoms with E-state index >= 15 is 0 Å². The van der Waals surface area contributed by atoms with Gasteiger partial charge in [-0.05, 0) is 62.1 Å². The molecular weight excluding hydrogens is 537 g/mol. The molecule has 2 aromatic carbocycles. The summed E-state index contributed by atoms with van der Waals surface area (Å²) in [5.74, 6) is -0.558. The molecule has 0 heterocycles. The molecule has 0 aliphatic heterocycles. The minimum absolute atomic E-state index is 0.0324. The number of rotatable bonds is 12. The van der Waals surface area contributed by atoms with E-state index in [4.69, 9.17) is 27.9 Å². The van der Waals surface area contributed by atoms with Gasteiger partial charge in [0.05, 0.1) is 29.1 Å². The van der Waals surface area contributed by atoms with Crippen molar-refractivity contribution < 1.29 is 22.7 Å². The van der Waals surface area contributed by atoms with E-state index in [2.05, 4.69) is 5.32 Å². The average molecular weight is 573 g/mol. The van der Waals surface area contributed by atoms with Gasteiger partial charge < -0.3 is 15.0 Å². The number of nitrogens with zero attached hydrogens (tertiary/aromatic N) is 2. The lowest BCUT2D eigenvalue weighted by atomic mass is 10.1. The second kappa shape index (κ2) is 13.3. The van der Waals surface area contributed by atoms with E-state index < -0.39 is 28.5 Å². The second-order valence-electron chi connectivity index (χ2n) is 8.96. The second-order valence-corrected chi connectivity index (χ2v) is 11.7. The fourth-order valence-corrected chi connectivity index (χ4v) is 4.95. The summed E-state index contributed by atoms with van der Waals surface area (Å²) in [6, 6.07) is 9.10. The summed E-state index contributed by atoms with van der Waals surface area (Å²) in [5.41, 5.74) is 1.69. The molecule has 0 aliphatic carbocycles. The molecule has 0 unspecified atom stereocenters. The molecule has 8 nitrogen and oxygen atoms in total. The fraction of sp³-hybridized carbons (Fsp3) is 0.462. The monoisotopic (exact) mass is 571 g/mol. The van der Waals surface area contributed by atoms with Crippen molar-refractivity contribution in [2.75, 3.05) is 24.2 Å². The van der Waals surface area contributed by atoms with Gasteiger partial charge in [0.15, 0.2) is 0 Å². The Kier molecular flexibility index (Phi) is 11.1. The quantitative estimate of drug-likeness (QED) is 0.394. The molecule has 2 aromatic rings. The zero-order valence-corrected chi connectivity index (χ0v) is 24.4. The van der Waals surface area contributed by atoms with E-state index in [1.54, 1.807) is 43.3 Å². The number of methoxy groups -OCH3 is 1. The SMILES string of the molecule is CC[C@@H](C)NC(=O)[C@H](CC)N(Cc1ccc(Cl)c(Cl)c1)C(=O)CN(c1cc(C)ccc1OC)S(C)(=O)=O. The Bertz CT molecular complexity index is 1220. The minimum Gasteiger partial charge on any atom is -0.495 e. The maximum atomic E-state index is 13.8. The highest BCUT2D eigenvalue weighted by Crippen LogP contribution is 2.31. The van der Waals surface area contributed by atoms with Crippen molar-refractivity contribution in [1.29, 1.82) is 0 Å². The normalized spacial score (nSPS) is 13.0. The number of sulfonamides is 1. The first-order valence-electron chi connectivity index (χ1n) is 12.0. The Morgan fingerprint density at radius 2 is 1.73 bits per heavy atom. The summed E-state index contributed by atoms with van der Waals surface area (Å²) in [6.07, 6.45) is 2.07. The molecule has 2 rings (SSSR count). The number of nitrogens with one attached hydrogen (secondary N) is 1. The van der Waals surface area contributed by atoms with Crippen LogP contribution in [0.2, 0.25) is 10.0 Å². The summed E-state index contributed by atoms with van der Waals surface area (Å²) in [7, 11) is -2.46. The van der Waals surface area contributed by atoms with E-state index in [0.29, 0.717) is 27.8 Å². The number of carbonyl (C=O) groups is 2. The molecule has 0 aromatic heterocycles. The molecule has 1 N–H and O–H groups in total. The number of aryl methyl sites for hydroxylation is 1. The first-order valence-corrected chi connectivity index (χ1v) is 14.6. The maximum absolute atomic E-state index is 13.8. The largest absolute Gasteiger partial charge is 0.495 e. The van der Waals surface area contributed by atoms with Crippen molar-refractivity contribution in [3.8, 4) is 5.75 Å². The van der Waals surface area contributed by atoms with Crippen molar-refractivity contribution in [2.45, 2.75) is 59.2 Å². The van der Waals surface area contributed by atoms with Crippen molar-refractivity contribution in [1.82, 2.24) is 10.2 Å². The van der Waals surface area contributed by atoms with Crippen molar-refractivity contribution in [3.63, 3.8) is 0 Å². The van der Waals surface area contributed by atoms with Gasteiger partial charge in [-0.3, -0.25) is 13.9 Å². The Morgan fingerprint density at radius 1 is 1.05 bits per heavy atom. The van der Waals surface area contributed by atoms with Crippen LogP contribution in [-0.2, 0) is 26.2 Å². The van der Waals surface area contributed by atoms with E-state index in [9.17, 15) is 18.0 Å². The van der Waals surface area contributed by atoms with Crippen LogP contribution >= 0.6 is 23.2 Å². The highest BCUT2D eigenvalue weighted by molar-refractivity contribution is 7.92. The Morgan fingerprint density at radius 3 is 2.27 bits per heavy atom. The highest BCUT2D eigenvalue weighted by atomic mass is 35.5. The van der Waals surface area contributed by atoms with Crippen LogP contribution in [0.4, 0.5) is 5.69 Å². The van der Waals surface area contributed by atoms with Gasteiger partial charge in [0.2, 0.25) is 21.8 Å². The number of hydrogen-bond acceptors (Lipinski definition) is 5. The third kappa shape index (κ3) is 8.25. The molecule has 11 heteroatoms. The van der Waals surface area contributed by atoms with Gasteiger partial charge in [-0.25, -0.2) is 8.42 Å². The van der Waals surface area contributed by atoms with Crippen molar-refractivity contribution in [3.05, 3.63) is 57.6 Å². The zero-order valence-electron chi connectivity index (χ0n) is 22.0. The number of amides is 2. The Labute approximate surface area is 229 Å². The van der Waals surface area contributed by atoms with Gasteiger partial charge in [0, 0.05) is 12.6 Å².